The Labute approximate surface area is 221 Å². The van der Waals surface area contributed by atoms with Crippen LogP contribution in [0.2, 0.25) is 0 Å². The van der Waals surface area contributed by atoms with Crippen molar-refractivity contribution in [3.63, 3.8) is 0 Å². The van der Waals surface area contributed by atoms with Gasteiger partial charge in [-0.1, -0.05) is 0 Å². The van der Waals surface area contributed by atoms with Crippen molar-refractivity contribution in [3.8, 4) is 11.3 Å². The number of fused-ring (bicyclic) bond motifs is 1. The molecular weight excluding hydrogens is 460 g/mol. The number of rotatable bonds is 4. The molecule has 196 valence electrons. The highest BCUT2D eigenvalue weighted by Gasteiger charge is 2.35. The lowest BCUT2D eigenvalue weighted by Crippen LogP contribution is -2.37. The Kier molecular flexibility index (Phi) is 6.88. The standard InChI is InChI=1S/C31H40N4O2/c1-20-12-28(32-17-20)24-15-25-19-34(18-23-13-21(2)33-22(3)14-23)11-9-26(25)27(16-24)29-8-7-10-35(29)30(36)37-31(4,5)6/h12-17,29,32H,7-11,18-19H2,1-6H3/t29-/m0/s1. The first-order valence-corrected chi connectivity index (χ1v) is 13.5. The summed E-state index contributed by atoms with van der Waals surface area (Å²) in [5.74, 6) is 0. The Bertz CT molecular complexity index is 1280. The molecule has 37 heavy (non-hydrogen) atoms. The Morgan fingerprint density at radius 2 is 1.84 bits per heavy atom. The normalized spacial score (nSPS) is 18.2. The predicted molar refractivity (Wildman–Crippen MR) is 147 cm³/mol. The first-order valence-electron chi connectivity index (χ1n) is 13.5. The molecule has 6 heteroatoms. The van der Waals surface area contributed by atoms with Gasteiger partial charge in [0.05, 0.1) is 6.04 Å². The molecule has 2 aliphatic rings. The second kappa shape index (κ2) is 9.97. The molecule has 1 saturated heterocycles. The molecule has 0 radical (unpaired) electrons. The van der Waals surface area contributed by atoms with E-state index in [1.807, 2.05) is 25.7 Å². The summed E-state index contributed by atoms with van der Waals surface area (Å²) in [6, 6.07) is 11.3. The summed E-state index contributed by atoms with van der Waals surface area (Å²) in [5, 5.41) is 0. The number of carbonyl (C=O) groups is 1. The number of pyridine rings is 1. The van der Waals surface area contributed by atoms with Crippen LogP contribution in [0.5, 0.6) is 0 Å². The molecule has 0 aliphatic carbocycles. The van der Waals surface area contributed by atoms with Crippen LogP contribution in [0, 0.1) is 20.8 Å². The van der Waals surface area contributed by atoms with Crippen molar-refractivity contribution >= 4 is 6.09 Å². The Hall–Kier alpha value is -3.12. The molecule has 1 fully saturated rings. The predicted octanol–water partition coefficient (Wildman–Crippen LogP) is 6.63. The summed E-state index contributed by atoms with van der Waals surface area (Å²) >= 11 is 0. The fourth-order valence-corrected chi connectivity index (χ4v) is 5.95. The summed E-state index contributed by atoms with van der Waals surface area (Å²) in [7, 11) is 0. The van der Waals surface area contributed by atoms with Crippen molar-refractivity contribution in [3.05, 3.63) is 75.7 Å². The lowest BCUT2D eigenvalue weighted by atomic mass is 9.87. The molecule has 2 aliphatic heterocycles. The summed E-state index contributed by atoms with van der Waals surface area (Å²) < 4.78 is 5.81. The second-order valence-corrected chi connectivity index (χ2v) is 11.8. The van der Waals surface area contributed by atoms with E-state index in [0.29, 0.717) is 0 Å². The minimum absolute atomic E-state index is 0.0525. The third-order valence-corrected chi connectivity index (χ3v) is 7.37. The number of likely N-dealkylation sites (tertiary alicyclic amines) is 1. The minimum atomic E-state index is -0.503. The molecule has 0 saturated carbocycles. The highest BCUT2D eigenvalue weighted by Crippen LogP contribution is 2.40. The van der Waals surface area contributed by atoms with Gasteiger partial charge in [-0.15, -0.1) is 0 Å². The molecular formula is C31H40N4O2. The van der Waals surface area contributed by atoms with Crippen LogP contribution in [0.15, 0.2) is 36.5 Å². The number of nitrogens with zero attached hydrogens (tertiary/aromatic N) is 3. The van der Waals surface area contributed by atoms with Gasteiger partial charge in [-0.2, -0.15) is 0 Å². The maximum atomic E-state index is 13.2. The van der Waals surface area contributed by atoms with Gasteiger partial charge in [0.15, 0.2) is 0 Å². The first-order chi connectivity index (χ1) is 17.6. The third kappa shape index (κ3) is 5.74. The molecule has 1 amide bonds. The molecule has 1 aromatic carbocycles. The van der Waals surface area contributed by atoms with E-state index in [1.165, 1.54) is 33.4 Å². The van der Waals surface area contributed by atoms with Crippen LogP contribution in [-0.2, 0) is 24.2 Å². The number of hydrogen-bond acceptors (Lipinski definition) is 4. The lowest BCUT2D eigenvalue weighted by Gasteiger charge is -2.34. The van der Waals surface area contributed by atoms with Gasteiger partial charge < -0.3 is 14.6 Å². The van der Waals surface area contributed by atoms with E-state index >= 15 is 0 Å². The third-order valence-electron chi connectivity index (χ3n) is 7.37. The van der Waals surface area contributed by atoms with E-state index < -0.39 is 5.60 Å². The number of carbonyl (C=O) groups excluding carboxylic acids is 1. The number of aromatic nitrogens is 2. The number of H-pyrrole nitrogens is 1. The second-order valence-electron chi connectivity index (χ2n) is 11.8. The van der Waals surface area contributed by atoms with E-state index in [2.05, 4.69) is 72.2 Å². The Morgan fingerprint density at radius 1 is 1.08 bits per heavy atom. The average molecular weight is 501 g/mol. The van der Waals surface area contributed by atoms with Crippen molar-refractivity contribution in [2.24, 2.45) is 0 Å². The molecule has 1 N–H and O–H groups in total. The van der Waals surface area contributed by atoms with E-state index in [0.717, 1.165) is 62.5 Å². The van der Waals surface area contributed by atoms with Crippen molar-refractivity contribution in [2.45, 2.75) is 85.5 Å². The highest BCUT2D eigenvalue weighted by molar-refractivity contribution is 5.70. The first kappa shape index (κ1) is 25.5. The van der Waals surface area contributed by atoms with Crippen molar-refractivity contribution in [2.75, 3.05) is 13.1 Å². The number of benzene rings is 1. The minimum Gasteiger partial charge on any atom is -0.444 e. The Morgan fingerprint density at radius 3 is 2.51 bits per heavy atom. The van der Waals surface area contributed by atoms with Gasteiger partial charge >= 0.3 is 6.09 Å². The van der Waals surface area contributed by atoms with Crippen LogP contribution >= 0.6 is 0 Å². The smallest absolute Gasteiger partial charge is 0.410 e. The van der Waals surface area contributed by atoms with Crippen LogP contribution in [-0.4, -0.2) is 44.6 Å². The molecule has 6 nitrogen and oxygen atoms in total. The van der Waals surface area contributed by atoms with Gasteiger partial charge in [0.1, 0.15) is 5.60 Å². The Balaban J connectivity index is 1.49. The van der Waals surface area contributed by atoms with E-state index in [9.17, 15) is 4.79 Å². The van der Waals surface area contributed by atoms with Crippen molar-refractivity contribution in [1.82, 2.24) is 19.8 Å². The fourth-order valence-electron chi connectivity index (χ4n) is 5.95. The zero-order valence-corrected chi connectivity index (χ0v) is 23.1. The molecule has 0 bridgehead atoms. The van der Waals surface area contributed by atoms with E-state index in [1.54, 1.807) is 0 Å². The zero-order valence-electron chi connectivity index (χ0n) is 23.1. The number of aryl methyl sites for hydroxylation is 3. The fraction of sp³-hybridized carbons (Fsp3) is 0.484. The summed E-state index contributed by atoms with van der Waals surface area (Å²) in [6.07, 6.45) is 4.80. The van der Waals surface area contributed by atoms with Gasteiger partial charge in [-0.25, -0.2) is 4.79 Å². The summed E-state index contributed by atoms with van der Waals surface area (Å²) in [6.45, 7) is 15.6. The number of aromatic amines is 1. The SMILES string of the molecule is Cc1c[nH]c(-c2cc3c(c([C@@H]4CCCN4C(=O)OC(C)(C)C)c2)CCN(Cc2cc(C)nc(C)c2)C3)c1. The largest absolute Gasteiger partial charge is 0.444 e. The number of hydrogen-bond donors (Lipinski definition) is 1. The molecule has 2 aromatic heterocycles. The maximum absolute atomic E-state index is 13.2. The topological polar surface area (TPSA) is 61.5 Å². The average Bonchev–Trinajstić information content (AvgIpc) is 3.46. The van der Waals surface area contributed by atoms with Gasteiger partial charge in [0.25, 0.3) is 0 Å². The van der Waals surface area contributed by atoms with Gasteiger partial charge in [0, 0.05) is 49.5 Å². The van der Waals surface area contributed by atoms with Gasteiger partial charge in [0.2, 0.25) is 0 Å². The van der Waals surface area contributed by atoms with Crippen LogP contribution in [0.4, 0.5) is 4.79 Å². The van der Waals surface area contributed by atoms with Gasteiger partial charge in [-0.05, 0) is 125 Å². The number of ether oxygens (including phenoxy) is 1. The molecule has 3 aromatic rings. The van der Waals surface area contributed by atoms with E-state index in [-0.39, 0.29) is 12.1 Å². The van der Waals surface area contributed by atoms with Crippen LogP contribution in [0.3, 0.4) is 0 Å². The summed E-state index contributed by atoms with van der Waals surface area (Å²) in [4.78, 5) is 25.6. The van der Waals surface area contributed by atoms with Crippen molar-refractivity contribution < 1.29 is 9.53 Å². The molecule has 0 spiro atoms. The zero-order chi connectivity index (χ0) is 26.3. The van der Waals surface area contributed by atoms with E-state index in [4.69, 9.17) is 4.74 Å². The quantitative estimate of drug-likeness (QED) is 0.437. The molecule has 1 atom stereocenters. The molecule has 4 heterocycles. The monoisotopic (exact) mass is 500 g/mol. The van der Waals surface area contributed by atoms with Crippen LogP contribution in [0.1, 0.15) is 78.9 Å². The number of amides is 1. The van der Waals surface area contributed by atoms with Crippen LogP contribution in [0.25, 0.3) is 11.3 Å². The molecule has 0 unspecified atom stereocenters. The molecule has 5 rings (SSSR count). The highest BCUT2D eigenvalue weighted by atomic mass is 16.6. The maximum Gasteiger partial charge on any atom is 0.410 e. The van der Waals surface area contributed by atoms with Gasteiger partial charge in [-0.3, -0.25) is 9.88 Å². The van der Waals surface area contributed by atoms with Crippen molar-refractivity contribution in [1.29, 1.82) is 0 Å². The lowest BCUT2D eigenvalue weighted by molar-refractivity contribution is 0.0223. The number of nitrogens with one attached hydrogen (secondary N) is 1. The summed E-state index contributed by atoms with van der Waals surface area (Å²) in [5.41, 5.74) is 10.6. The van der Waals surface area contributed by atoms with Crippen LogP contribution < -0.4 is 0 Å².